The Morgan fingerprint density at radius 3 is 2.68 bits per heavy atom. The highest BCUT2D eigenvalue weighted by atomic mass is 16.5. The van der Waals surface area contributed by atoms with Crippen molar-refractivity contribution < 1.29 is 9.53 Å². The Kier molecular flexibility index (Phi) is 4.81. The fraction of sp³-hybridized carbons (Fsp3) is 0.929. The Morgan fingerprint density at radius 2 is 2.05 bits per heavy atom. The molecule has 0 aromatic carbocycles. The van der Waals surface area contributed by atoms with Crippen molar-refractivity contribution in [3.63, 3.8) is 0 Å². The maximum atomic E-state index is 12.4. The number of methoxy groups -OCH3 is 1. The number of likely N-dealkylation sites (tertiary alicyclic amines) is 1. The molecule has 1 unspecified atom stereocenters. The highest BCUT2D eigenvalue weighted by molar-refractivity contribution is 5.81. The van der Waals surface area contributed by atoms with E-state index < -0.39 is 5.54 Å². The largest absolute Gasteiger partial charge is 0.468 e. The van der Waals surface area contributed by atoms with Crippen LogP contribution in [0.2, 0.25) is 0 Å². The minimum absolute atomic E-state index is 0.0578. The van der Waals surface area contributed by atoms with Crippen molar-refractivity contribution in [2.24, 2.45) is 0 Å². The van der Waals surface area contributed by atoms with E-state index in [0.29, 0.717) is 6.04 Å². The second-order valence-electron chi connectivity index (χ2n) is 5.93. The molecule has 2 aliphatic rings. The molecule has 0 saturated carbocycles. The number of nitrogens with one attached hydrogen (secondary N) is 1. The Labute approximate surface area is 116 Å². The zero-order valence-corrected chi connectivity index (χ0v) is 12.4. The number of ether oxygens (including phenoxy) is 1. The summed E-state index contributed by atoms with van der Waals surface area (Å²) < 4.78 is 5.13. The van der Waals surface area contributed by atoms with Crippen LogP contribution in [0.1, 0.15) is 26.7 Å². The number of rotatable bonds is 3. The quantitative estimate of drug-likeness (QED) is 0.747. The van der Waals surface area contributed by atoms with Gasteiger partial charge in [-0.25, -0.2) is 4.79 Å². The van der Waals surface area contributed by atoms with Crippen LogP contribution in [0, 0.1) is 0 Å². The normalized spacial score (nSPS) is 30.5. The van der Waals surface area contributed by atoms with Crippen LogP contribution in [-0.2, 0) is 9.53 Å². The predicted octanol–water partition coefficient (Wildman–Crippen LogP) is 0.308. The molecule has 0 spiro atoms. The first kappa shape index (κ1) is 14.8. The summed E-state index contributed by atoms with van der Waals surface area (Å²) in [7, 11) is 1.51. The second-order valence-corrected chi connectivity index (χ2v) is 5.93. The van der Waals surface area contributed by atoms with Gasteiger partial charge in [0.15, 0.2) is 0 Å². The molecule has 2 saturated heterocycles. The predicted molar refractivity (Wildman–Crippen MR) is 75.1 cm³/mol. The fourth-order valence-corrected chi connectivity index (χ4v) is 3.28. The van der Waals surface area contributed by atoms with Gasteiger partial charge in [0.1, 0.15) is 5.54 Å². The summed E-state index contributed by atoms with van der Waals surface area (Å²) in [5.41, 5.74) is -0.426. The Morgan fingerprint density at radius 1 is 1.26 bits per heavy atom. The second kappa shape index (κ2) is 6.20. The van der Waals surface area contributed by atoms with Gasteiger partial charge in [0, 0.05) is 38.8 Å². The molecule has 110 valence electrons. The highest BCUT2D eigenvalue weighted by Gasteiger charge is 2.50. The van der Waals surface area contributed by atoms with Crippen molar-refractivity contribution in [1.29, 1.82) is 0 Å². The number of hydrogen-bond acceptors (Lipinski definition) is 5. The van der Waals surface area contributed by atoms with Gasteiger partial charge in [-0.2, -0.15) is 0 Å². The van der Waals surface area contributed by atoms with E-state index in [1.54, 1.807) is 0 Å². The molecule has 0 aromatic heterocycles. The molecule has 0 aliphatic carbocycles. The van der Waals surface area contributed by atoms with Crippen molar-refractivity contribution in [3.8, 4) is 0 Å². The summed E-state index contributed by atoms with van der Waals surface area (Å²) >= 11 is 0. The summed E-state index contributed by atoms with van der Waals surface area (Å²) in [6, 6.07) is 0.483. The zero-order valence-electron chi connectivity index (χ0n) is 12.4. The SMILES string of the molecule is COC(=O)C1(N2CCCNCC2)CCN(C(C)C)C1. The van der Waals surface area contributed by atoms with Crippen molar-refractivity contribution in [1.82, 2.24) is 15.1 Å². The maximum Gasteiger partial charge on any atom is 0.327 e. The lowest BCUT2D eigenvalue weighted by Gasteiger charge is -2.38. The first-order chi connectivity index (χ1) is 9.10. The van der Waals surface area contributed by atoms with Gasteiger partial charge in [-0.1, -0.05) is 0 Å². The summed E-state index contributed by atoms with van der Waals surface area (Å²) in [4.78, 5) is 17.1. The third-order valence-electron chi connectivity index (χ3n) is 4.52. The van der Waals surface area contributed by atoms with Gasteiger partial charge in [0.2, 0.25) is 0 Å². The molecule has 0 aromatic rings. The number of carbonyl (C=O) groups excluding carboxylic acids is 1. The molecule has 1 atom stereocenters. The van der Waals surface area contributed by atoms with Crippen LogP contribution in [0.5, 0.6) is 0 Å². The van der Waals surface area contributed by atoms with Crippen LogP contribution >= 0.6 is 0 Å². The van der Waals surface area contributed by atoms with Crippen molar-refractivity contribution in [2.75, 3.05) is 46.4 Å². The van der Waals surface area contributed by atoms with Gasteiger partial charge in [-0.3, -0.25) is 9.80 Å². The molecular formula is C14H27N3O2. The molecule has 19 heavy (non-hydrogen) atoms. The van der Waals surface area contributed by atoms with Crippen LogP contribution in [0.25, 0.3) is 0 Å². The number of nitrogens with zero attached hydrogens (tertiary/aromatic N) is 2. The monoisotopic (exact) mass is 269 g/mol. The van der Waals surface area contributed by atoms with Crippen LogP contribution in [-0.4, -0.2) is 73.7 Å². The molecule has 2 heterocycles. The van der Waals surface area contributed by atoms with E-state index in [1.165, 1.54) is 7.11 Å². The van der Waals surface area contributed by atoms with Gasteiger partial charge < -0.3 is 10.1 Å². The summed E-state index contributed by atoms with van der Waals surface area (Å²) in [5.74, 6) is -0.0578. The molecule has 5 nitrogen and oxygen atoms in total. The molecule has 2 aliphatic heterocycles. The molecule has 5 heteroatoms. The zero-order chi connectivity index (χ0) is 13.9. The molecular weight excluding hydrogens is 242 g/mol. The summed E-state index contributed by atoms with van der Waals surface area (Å²) in [6.07, 6.45) is 1.98. The summed E-state index contributed by atoms with van der Waals surface area (Å²) in [6.45, 7) is 10.1. The minimum atomic E-state index is -0.426. The first-order valence-electron chi connectivity index (χ1n) is 7.38. The maximum absolute atomic E-state index is 12.4. The molecule has 0 bridgehead atoms. The number of hydrogen-bond donors (Lipinski definition) is 1. The standard InChI is InChI=1S/C14H27N3O2/c1-12(2)16-9-5-14(11-16,13(18)19-3)17-8-4-6-15-7-10-17/h12,15H,4-11H2,1-3H3. The van der Waals surface area contributed by atoms with Gasteiger partial charge in [-0.05, 0) is 33.2 Å². The average Bonchev–Trinajstić information content (AvgIpc) is 2.68. The topological polar surface area (TPSA) is 44.8 Å². The molecule has 0 radical (unpaired) electrons. The smallest absolute Gasteiger partial charge is 0.327 e. The van der Waals surface area contributed by atoms with Crippen LogP contribution in [0.15, 0.2) is 0 Å². The summed E-state index contributed by atoms with van der Waals surface area (Å²) in [5, 5.41) is 3.40. The van der Waals surface area contributed by atoms with E-state index in [-0.39, 0.29) is 5.97 Å². The molecule has 1 N–H and O–H groups in total. The van der Waals surface area contributed by atoms with Crippen LogP contribution in [0.3, 0.4) is 0 Å². The highest BCUT2D eigenvalue weighted by Crippen LogP contribution is 2.31. The van der Waals surface area contributed by atoms with Crippen LogP contribution in [0.4, 0.5) is 0 Å². The van der Waals surface area contributed by atoms with E-state index >= 15 is 0 Å². The average molecular weight is 269 g/mol. The Hall–Kier alpha value is -0.650. The molecule has 2 fully saturated rings. The lowest BCUT2D eigenvalue weighted by atomic mass is 9.95. The lowest BCUT2D eigenvalue weighted by molar-refractivity contribution is -0.154. The van der Waals surface area contributed by atoms with Gasteiger partial charge in [-0.15, -0.1) is 0 Å². The third-order valence-corrected chi connectivity index (χ3v) is 4.52. The third kappa shape index (κ3) is 2.93. The van der Waals surface area contributed by atoms with Gasteiger partial charge >= 0.3 is 5.97 Å². The lowest BCUT2D eigenvalue weighted by Crippen LogP contribution is -2.58. The van der Waals surface area contributed by atoms with Crippen molar-refractivity contribution in [3.05, 3.63) is 0 Å². The van der Waals surface area contributed by atoms with Crippen molar-refractivity contribution in [2.45, 2.75) is 38.3 Å². The van der Waals surface area contributed by atoms with Gasteiger partial charge in [0.25, 0.3) is 0 Å². The fourth-order valence-electron chi connectivity index (χ4n) is 3.28. The number of carbonyl (C=O) groups is 1. The van der Waals surface area contributed by atoms with Gasteiger partial charge in [0.05, 0.1) is 7.11 Å². The molecule has 0 amide bonds. The van der Waals surface area contributed by atoms with Crippen molar-refractivity contribution >= 4 is 5.97 Å². The minimum Gasteiger partial charge on any atom is -0.468 e. The van der Waals surface area contributed by atoms with E-state index in [1.807, 2.05) is 0 Å². The first-order valence-corrected chi connectivity index (χ1v) is 7.38. The van der Waals surface area contributed by atoms with E-state index in [2.05, 4.69) is 29.0 Å². The Bertz CT molecular complexity index is 314. The van der Waals surface area contributed by atoms with E-state index in [4.69, 9.17) is 4.74 Å². The van der Waals surface area contributed by atoms with E-state index in [9.17, 15) is 4.79 Å². The number of esters is 1. The molecule has 2 rings (SSSR count). The van der Waals surface area contributed by atoms with Crippen LogP contribution < -0.4 is 5.32 Å². The van der Waals surface area contributed by atoms with E-state index in [0.717, 1.165) is 52.1 Å². The Balaban J connectivity index is 2.18.